The first kappa shape index (κ1) is 12.8. The van der Waals surface area contributed by atoms with Crippen molar-refractivity contribution in [2.45, 2.75) is 32.2 Å². The van der Waals surface area contributed by atoms with Crippen molar-refractivity contribution in [1.82, 2.24) is 9.88 Å². The molecule has 4 nitrogen and oxygen atoms in total. The van der Waals surface area contributed by atoms with E-state index in [9.17, 15) is 9.18 Å². The van der Waals surface area contributed by atoms with Gasteiger partial charge in [0, 0.05) is 19.6 Å². The number of carbonyl (C=O) groups is 1. The zero-order valence-corrected chi connectivity index (χ0v) is 10.7. The van der Waals surface area contributed by atoms with E-state index in [-0.39, 0.29) is 5.91 Å². The Hall–Kier alpha value is -1.65. The Labute approximate surface area is 106 Å². The maximum Gasteiger partial charge on any atom is 0.257 e. The SMILES string of the molecule is CCCN(C(=O)c1cc(F)cnc1NC)C1CC1. The lowest BCUT2D eigenvalue weighted by Crippen LogP contribution is -2.34. The molecule has 5 heteroatoms. The van der Waals surface area contributed by atoms with Crippen LogP contribution in [0.3, 0.4) is 0 Å². The molecule has 0 saturated heterocycles. The minimum absolute atomic E-state index is 0.129. The van der Waals surface area contributed by atoms with Gasteiger partial charge in [0.15, 0.2) is 0 Å². The van der Waals surface area contributed by atoms with Crippen molar-refractivity contribution >= 4 is 11.7 Å². The van der Waals surface area contributed by atoms with E-state index in [1.807, 2.05) is 11.8 Å². The highest BCUT2D eigenvalue weighted by Crippen LogP contribution is 2.29. The van der Waals surface area contributed by atoms with Gasteiger partial charge in [0.2, 0.25) is 0 Å². The van der Waals surface area contributed by atoms with E-state index >= 15 is 0 Å². The molecule has 1 amide bonds. The molecular weight excluding hydrogens is 233 g/mol. The molecule has 18 heavy (non-hydrogen) atoms. The van der Waals surface area contributed by atoms with Gasteiger partial charge >= 0.3 is 0 Å². The minimum atomic E-state index is -0.482. The van der Waals surface area contributed by atoms with Crippen LogP contribution in [0.5, 0.6) is 0 Å². The highest BCUT2D eigenvalue weighted by molar-refractivity contribution is 5.99. The topological polar surface area (TPSA) is 45.2 Å². The molecule has 0 atom stereocenters. The van der Waals surface area contributed by atoms with E-state index < -0.39 is 5.82 Å². The second kappa shape index (κ2) is 5.33. The second-order valence-electron chi connectivity index (χ2n) is 4.53. The van der Waals surface area contributed by atoms with Crippen LogP contribution in [0.25, 0.3) is 0 Å². The van der Waals surface area contributed by atoms with Crippen LogP contribution in [-0.4, -0.2) is 35.4 Å². The lowest BCUT2D eigenvalue weighted by molar-refractivity contribution is 0.0743. The molecule has 1 N–H and O–H groups in total. The summed E-state index contributed by atoms with van der Waals surface area (Å²) in [5, 5.41) is 2.83. The summed E-state index contributed by atoms with van der Waals surface area (Å²) >= 11 is 0. The fourth-order valence-electron chi connectivity index (χ4n) is 2.03. The van der Waals surface area contributed by atoms with Crippen LogP contribution in [0, 0.1) is 5.82 Å². The summed E-state index contributed by atoms with van der Waals surface area (Å²) in [6.45, 7) is 2.74. The van der Waals surface area contributed by atoms with E-state index in [0.717, 1.165) is 25.5 Å². The van der Waals surface area contributed by atoms with Gasteiger partial charge in [0.05, 0.1) is 11.8 Å². The van der Waals surface area contributed by atoms with Crippen molar-refractivity contribution < 1.29 is 9.18 Å². The van der Waals surface area contributed by atoms with Crippen molar-refractivity contribution in [2.75, 3.05) is 18.9 Å². The third-order valence-electron chi connectivity index (χ3n) is 3.03. The first-order chi connectivity index (χ1) is 8.67. The van der Waals surface area contributed by atoms with Gasteiger partial charge in [0.25, 0.3) is 5.91 Å². The van der Waals surface area contributed by atoms with Crippen LogP contribution in [0.15, 0.2) is 12.3 Å². The number of aromatic nitrogens is 1. The van der Waals surface area contributed by atoms with Crippen LogP contribution < -0.4 is 5.32 Å². The standard InChI is InChI=1S/C13H18FN3O/c1-3-6-17(10-4-5-10)13(18)11-7-9(14)8-16-12(11)15-2/h7-8,10H,3-6H2,1-2H3,(H,15,16). The zero-order chi connectivity index (χ0) is 13.1. The first-order valence-corrected chi connectivity index (χ1v) is 6.31. The van der Waals surface area contributed by atoms with Crippen LogP contribution in [0.2, 0.25) is 0 Å². The van der Waals surface area contributed by atoms with E-state index in [2.05, 4.69) is 10.3 Å². The number of amides is 1. The molecule has 1 aromatic rings. The summed E-state index contributed by atoms with van der Waals surface area (Å²) in [6.07, 6.45) is 4.11. The number of nitrogens with zero attached hydrogens (tertiary/aromatic N) is 2. The Morgan fingerprint density at radius 1 is 1.61 bits per heavy atom. The van der Waals surface area contributed by atoms with E-state index in [1.165, 1.54) is 6.07 Å². The zero-order valence-electron chi connectivity index (χ0n) is 10.7. The van der Waals surface area contributed by atoms with Crippen molar-refractivity contribution in [3.8, 4) is 0 Å². The van der Waals surface area contributed by atoms with Crippen molar-refractivity contribution in [2.24, 2.45) is 0 Å². The lowest BCUT2D eigenvalue weighted by atomic mass is 10.2. The van der Waals surface area contributed by atoms with Crippen LogP contribution in [-0.2, 0) is 0 Å². The van der Waals surface area contributed by atoms with Crippen LogP contribution in [0.1, 0.15) is 36.5 Å². The van der Waals surface area contributed by atoms with Gasteiger partial charge in [-0.05, 0) is 25.3 Å². The monoisotopic (exact) mass is 251 g/mol. The number of anilines is 1. The Morgan fingerprint density at radius 2 is 2.33 bits per heavy atom. The molecule has 0 aromatic carbocycles. The molecule has 0 unspecified atom stereocenters. The Bertz CT molecular complexity index is 446. The van der Waals surface area contributed by atoms with E-state index in [0.29, 0.717) is 24.0 Å². The van der Waals surface area contributed by atoms with Crippen molar-refractivity contribution in [1.29, 1.82) is 0 Å². The number of carbonyl (C=O) groups excluding carboxylic acids is 1. The van der Waals surface area contributed by atoms with E-state index in [1.54, 1.807) is 7.05 Å². The molecule has 2 rings (SSSR count). The molecule has 1 heterocycles. The van der Waals surface area contributed by atoms with Gasteiger partial charge in [-0.25, -0.2) is 9.37 Å². The predicted molar refractivity (Wildman–Crippen MR) is 68.1 cm³/mol. The maximum absolute atomic E-state index is 13.2. The van der Waals surface area contributed by atoms with Crippen LogP contribution >= 0.6 is 0 Å². The molecule has 1 aliphatic rings. The summed E-state index contributed by atoms with van der Waals surface area (Å²) < 4.78 is 13.2. The number of hydrogen-bond acceptors (Lipinski definition) is 3. The smallest absolute Gasteiger partial charge is 0.257 e. The fourth-order valence-corrected chi connectivity index (χ4v) is 2.03. The highest BCUT2D eigenvalue weighted by atomic mass is 19.1. The minimum Gasteiger partial charge on any atom is -0.372 e. The molecule has 1 fully saturated rings. The third kappa shape index (κ3) is 2.60. The molecule has 1 aliphatic carbocycles. The molecular formula is C13H18FN3O. The van der Waals surface area contributed by atoms with Crippen molar-refractivity contribution in [3.63, 3.8) is 0 Å². The number of pyridine rings is 1. The average molecular weight is 251 g/mol. The largest absolute Gasteiger partial charge is 0.372 e. The summed E-state index contributed by atoms with van der Waals surface area (Å²) in [5.74, 6) is -0.177. The molecule has 98 valence electrons. The normalized spacial score (nSPS) is 14.4. The number of nitrogens with one attached hydrogen (secondary N) is 1. The predicted octanol–water partition coefficient (Wildman–Crippen LogP) is 2.28. The molecule has 0 bridgehead atoms. The Balaban J connectivity index is 2.28. The van der Waals surface area contributed by atoms with Gasteiger partial charge in [-0.15, -0.1) is 0 Å². The number of rotatable bonds is 5. The lowest BCUT2D eigenvalue weighted by Gasteiger charge is -2.22. The molecule has 0 radical (unpaired) electrons. The number of halogens is 1. The molecule has 1 aromatic heterocycles. The van der Waals surface area contributed by atoms with Gasteiger partial charge in [-0.3, -0.25) is 4.79 Å². The first-order valence-electron chi connectivity index (χ1n) is 6.31. The summed E-state index contributed by atoms with van der Waals surface area (Å²) in [5.41, 5.74) is 0.317. The van der Waals surface area contributed by atoms with Crippen molar-refractivity contribution in [3.05, 3.63) is 23.6 Å². The Kier molecular flexibility index (Phi) is 3.79. The third-order valence-corrected chi connectivity index (χ3v) is 3.03. The summed E-state index contributed by atoms with van der Waals surface area (Å²) in [4.78, 5) is 18.2. The van der Waals surface area contributed by atoms with E-state index in [4.69, 9.17) is 0 Å². The quantitative estimate of drug-likeness (QED) is 0.873. The molecule has 0 spiro atoms. The highest BCUT2D eigenvalue weighted by Gasteiger charge is 2.33. The summed E-state index contributed by atoms with van der Waals surface area (Å²) in [7, 11) is 1.68. The molecule has 1 saturated carbocycles. The molecule has 0 aliphatic heterocycles. The summed E-state index contributed by atoms with van der Waals surface area (Å²) in [6, 6.07) is 1.58. The fraction of sp³-hybridized carbons (Fsp3) is 0.538. The Morgan fingerprint density at radius 3 is 2.89 bits per heavy atom. The van der Waals surface area contributed by atoms with Crippen LogP contribution in [0.4, 0.5) is 10.2 Å². The average Bonchev–Trinajstić information content (AvgIpc) is 3.19. The van der Waals surface area contributed by atoms with Gasteiger partial charge < -0.3 is 10.2 Å². The van der Waals surface area contributed by atoms with Gasteiger partial charge in [-0.1, -0.05) is 6.92 Å². The van der Waals surface area contributed by atoms with Gasteiger partial charge in [-0.2, -0.15) is 0 Å². The number of hydrogen-bond donors (Lipinski definition) is 1. The van der Waals surface area contributed by atoms with Gasteiger partial charge in [0.1, 0.15) is 11.6 Å². The maximum atomic E-state index is 13.2. The second-order valence-corrected chi connectivity index (χ2v) is 4.53.